The summed E-state index contributed by atoms with van der Waals surface area (Å²) in [6.45, 7) is 15.8. The molecule has 5 heteroatoms. The molecule has 0 fully saturated rings. The van der Waals surface area contributed by atoms with Gasteiger partial charge in [0, 0.05) is 36.5 Å². The van der Waals surface area contributed by atoms with Crippen LogP contribution in [0.2, 0.25) is 0 Å². The Labute approximate surface area is 140 Å². The summed E-state index contributed by atoms with van der Waals surface area (Å²) in [4.78, 5) is 8.57. The predicted octanol–water partition coefficient (Wildman–Crippen LogP) is 3.14. The van der Waals surface area contributed by atoms with Crippen molar-refractivity contribution in [2.45, 2.75) is 46.6 Å². The largest absolute Gasteiger partial charge is 0.357 e. The number of nitrogens with one attached hydrogen (secondary N) is 2. The average molecular weight is 325 g/mol. The molecule has 0 aliphatic rings. The van der Waals surface area contributed by atoms with Gasteiger partial charge in [-0.15, -0.1) is 11.3 Å². The van der Waals surface area contributed by atoms with Crippen LogP contribution >= 0.6 is 11.3 Å². The fourth-order valence-corrected chi connectivity index (χ4v) is 3.11. The first kappa shape index (κ1) is 19.0. The summed E-state index contributed by atoms with van der Waals surface area (Å²) >= 11 is 1.81. The number of thiophene rings is 1. The lowest BCUT2D eigenvalue weighted by molar-refractivity contribution is 0.237. The quantitative estimate of drug-likeness (QED) is 0.541. The van der Waals surface area contributed by atoms with E-state index >= 15 is 0 Å². The fraction of sp³-hybridized carbons (Fsp3) is 0.706. The highest BCUT2D eigenvalue weighted by molar-refractivity contribution is 7.10. The van der Waals surface area contributed by atoms with E-state index in [-0.39, 0.29) is 0 Å². The molecule has 0 bridgehead atoms. The molecule has 126 valence electrons. The highest BCUT2D eigenvalue weighted by Crippen LogP contribution is 2.20. The third-order valence-corrected chi connectivity index (χ3v) is 4.83. The van der Waals surface area contributed by atoms with E-state index in [0.717, 1.165) is 38.7 Å². The van der Waals surface area contributed by atoms with E-state index < -0.39 is 0 Å². The molecule has 1 atom stereocenters. The van der Waals surface area contributed by atoms with Crippen LogP contribution in [-0.4, -0.2) is 49.6 Å². The first-order valence-electron chi connectivity index (χ1n) is 8.38. The maximum atomic E-state index is 4.72. The van der Waals surface area contributed by atoms with E-state index in [4.69, 9.17) is 4.99 Å². The topological polar surface area (TPSA) is 39.7 Å². The molecule has 0 aliphatic heterocycles. The van der Waals surface area contributed by atoms with Gasteiger partial charge in [-0.05, 0) is 38.8 Å². The van der Waals surface area contributed by atoms with Gasteiger partial charge in [-0.3, -0.25) is 9.89 Å². The molecule has 0 amide bonds. The van der Waals surface area contributed by atoms with Gasteiger partial charge in [0.1, 0.15) is 0 Å². The average Bonchev–Trinajstić information content (AvgIpc) is 3.02. The number of aliphatic imine (C=N–C) groups is 1. The predicted molar refractivity (Wildman–Crippen MR) is 99.1 cm³/mol. The van der Waals surface area contributed by atoms with Crippen LogP contribution in [0.4, 0.5) is 0 Å². The molecule has 1 heterocycles. The van der Waals surface area contributed by atoms with Crippen LogP contribution < -0.4 is 10.6 Å². The Morgan fingerprint density at radius 1 is 1.27 bits per heavy atom. The van der Waals surface area contributed by atoms with Crippen LogP contribution in [0.1, 0.15) is 45.4 Å². The lowest BCUT2D eigenvalue weighted by atomic mass is 10.1. The molecule has 22 heavy (non-hydrogen) atoms. The van der Waals surface area contributed by atoms with Crippen LogP contribution in [0, 0.1) is 0 Å². The number of likely N-dealkylation sites (N-methyl/N-ethyl adjacent to an activating group) is 1. The lowest BCUT2D eigenvalue weighted by Gasteiger charge is -2.25. The van der Waals surface area contributed by atoms with Crippen molar-refractivity contribution in [3.05, 3.63) is 22.4 Å². The van der Waals surface area contributed by atoms with Crippen LogP contribution in [0.5, 0.6) is 0 Å². The van der Waals surface area contributed by atoms with Crippen molar-refractivity contribution in [1.82, 2.24) is 15.5 Å². The van der Waals surface area contributed by atoms with Crippen molar-refractivity contribution >= 4 is 17.3 Å². The molecule has 2 N–H and O–H groups in total. The molecule has 0 saturated heterocycles. The molecule has 0 saturated carbocycles. The van der Waals surface area contributed by atoms with E-state index in [1.54, 1.807) is 0 Å². The van der Waals surface area contributed by atoms with Gasteiger partial charge in [0.05, 0.1) is 6.54 Å². The molecule has 0 aromatic carbocycles. The van der Waals surface area contributed by atoms with Gasteiger partial charge in [-0.2, -0.15) is 0 Å². The molecule has 0 spiro atoms. The van der Waals surface area contributed by atoms with Crippen molar-refractivity contribution in [3.8, 4) is 0 Å². The van der Waals surface area contributed by atoms with Crippen molar-refractivity contribution in [1.29, 1.82) is 0 Å². The van der Waals surface area contributed by atoms with Crippen LogP contribution in [-0.2, 0) is 0 Å². The Morgan fingerprint density at radius 3 is 2.59 bits per heavy atom. The van der Waals surface area contributed by atoms with Crippen molar-refractivity contribution in [3.63, 3.8) is 0 Å². The zero-order chi connectivity index (χ0) is 16.4. The SMILES string of the molecule is CCNC(=NCC(C)c1cccs1)NCCN(CC)C(C)C. The van der Waals surface area contributed by atoms with Gasteiger partial charge >= 0.3 is 0 Å². The van der Waals surface area contributed by atoms with Crippen LogP contribution in [0.15, 0.2) is 22.5 Å². The second-order valence-corrected chi connectivity index (χ2v) is 6.76. The van der Waals surface area contributed by atoms with Crippen molar-refractivity contribution < 1.29 is 0 Å². The first-order valence-corrected chi connectivity index (χ1v) is 9.26. The summed E-state index contributed by atoms with van der Waals surface area (Å²) in [7, 11) is 0. The Hall–Kier alpha value is -1.07. The zero-order valence-electron chi connectivity index (χ0n) is 14.7. The third kappa shape index (κ3) is 6.79. The lowest BCUT2D eigenvalue weighted by Crippen LogP contribution is -2.43. The molecule has 0 radical (unpaired) electrons. The maximum Gasteiger partial charge on any atom is 0.191 e. The zero-order valence-corrected chi connectivity index (χ0v) is 15.5. The summed E-state index contributed by atoms with van der Waals surface area (Å²) in [6, 6.07) is 4.88. The number of hydrogen-bond donors (Lipinski definition) is 2. The van der Waals surface area contributed by atoms with Gasteiger partial charge < -0.3 is 10.6 Å². The van der Waals surface area contributed by atoms with Crippen molar-refractivity contribution in [2.75, 3.05) is 32.7 Å². The van der Waals surface area contributed by atoms with E-state index in [1.165, 1.54) is 4.88 Å². The van der Waals surface area contributed by atoms with E-state index in [1.807, 2.05) is 11.3 Å². The summed E-state index contributed by atoms with van der Waals surface area (Å²) in [6.07, 6.45) is 0. The van der Waals surface area contributed by atoms with Crippen molar-refractivity contribution in [2.24, 2.45) is 4.99 Å². The molecule has 4 nitrogen and oxygen atoms in total. The van der Waals surface area contributed by atoms with Crippen LogP contribution in [0.3, 0.4) is 0 Å². The van der Waals surface area contributed by atoms with E-state index in [2.05, 4.69) is 67.7 Å². The number of rotatable bonds is 9. The van der Waals surface area contributed by atoms with Gasteiger partial charge in [0.25, 0.3) is 0 Å². The van der Waals surface area contributed by atoms with Gasteiger partial charge in [0.15, 0.2) is 5.96 Å². The molecule has 1 aromatic heterocycles. The van der Waals surface area contributed by atoms with Gasteiger partial charge in [0.2, 0.25) is 0 Å². The highest BCUT2D eigenvalue weighted by atomic mass is 32.1. The van der Waals surface area contributed by atoms with Crippen LogP contribution in [0.25, 0.3) is 0 Å². The molecular weight excluding hydrogens is 292 g/mol. The number of guanidine groups is 1. The second kappa shape index (κ2) is 10.6. The smallest absolute Gasteiger partial charge is 0.191 e. The minimum atomic E-state index is 0.471. The third-order valence-electron chi connectivity index (χ3n) is 3.72. The normalized spacial score (nSPS) is 13.7. The maximum absolute atomic E-state index is 4.72. The Balaban J connectivity index is 2.45. The summed E-state index contributed by atoms with van der Waals surface area (Å²) in [5.74, 6) is 1.39. The first-order chi connectivity index (χ1) is 10.6. The Morgan fingerprint density at radius 2 is 2.05 bits per heavy atom. The summed E-state index contributed by atoms with van der Waals surface area (Å²) in [5, 5.41) is 8.90. The fourth-order valence-electron chi connectivity index (χ4n) is 2.33. The summed E-state index contributed by atoms with van der Waals surface area (Å²) in [5.41, 5.74) is 0. The number of hydrogen-bond acceptors (Lipinski definition) is 3. The number of nitrogens with zero attached hydrogens (tertiary/aromatic N) is 2. The minimum Gasteiger partial charge on any atom is -0.357 e. The Bertz CT molecular complexity index is 414. The molecule has 1 unspecified atom stereocenters. The van der Waals surface area contributed by atoms with Gasteiger partial charge in [-0.1, -0.05) is 19.9 Å². The van der Waals surface area contributed by atoms with E-state index in [0.29, 0.717) is 12.0 Å². The molecule has 0 aliphatic carbocycles. The molecule has 1 aromatic rings. The van der Waals surface area contributed by atoms with E-state index in [9.17, 15) is 0 Å². The highest BCUT2D eigenvalue weighted by Gasteiger charge is 2.08. The monoisotopic (exact) mass is 324 g/mol. The standard InChI is InChI=1S/C17H32N4S/c1-6-18-17(19-10-11-21(7-2)14(3)4)20-13-15(5)16-9-8-12-22-16/h8-9,12,14-15H,6-7,10-11,13H2,1-5H3,(H2,18,19,20). The second-order valence-electron chi connectivity index (χ2n) is 5.79. The Kier molecular flexibility index (Phi) is 9.16. The van der Waals surface area contributed by atoms with Gasteiger partial charge in [-0.25, -0.2) is 0 Å². The minimum absolute atomic E-state index is 0.471. The molecular formula is C17H32N4S. The summed E-state index contributed by atoms with van der Waals surface area (Å²) < 4.78 is 0. The molecule has 1 rings (SSSR count).